The molecule has 1 atom stereocenters. The zero-order valence-corrected chi connectivity index (χ0v) is 20.9. The number of aryl methyl sites for hydroxylation is 2. The number of Topliss-reactive ketones (excluding diaryl/α,β-unsaturated/α-hetero) is 1. The molecule has 0 spiro atoms. The average molecular weight is 505 g/mol. The van der Waals surface area contributed by atoms with Gasteiger partial charge in [-0.25, -0.2) is 9.59 Å². The Morgan fingerprint density at radius 2 is 1.95 bits per heavy atom. The Hall–Kier alpha value is -4.37. The monoisotopic (exact) mass is 504 g/mol. The first-order chi connectivity index (χ1) is 17.7. The van der Waals surface area contributed by atoms with Gasteiger partial charge in [0.05, 0.1) is 24.1 Å². The second-order valence-corrected chi connectivity index (χ2v) is 9.29. The summed E-state index contributed by atoms with van der Waals surface area (Å²) < 4.78 is 5.22. The van der Waals surface area contributed by atoms with E-state index >= 15 is 0 Å². The lowest BCUT2D eigenvalue weighted by Gasteiger charge is -2.31. The van der Waals surface area contributed by atoms with Crippen LogP contribution in [0.25, 0.3) is 22.2 Å². The maximum absolute atomic E-state index is 13.7. The van der Waals surface area contributed by atoms with Gasteiger partial charge in [0, 0.05) is 38.8 Å². The van der Waals surface area contributed by atoms with Gasteiger partial charge < -0.3 is 15.6 Å². The van der Waals surface area contributed by atoms with Crippen LogP contribution in [0.2, 0.25) is 0 Å². The summed E-state index contributed by atoms with van der Waals surface area (Å²) in [6, 6.07) is 4.88. The molecule has 12 heteroatoms. The van der Waals surface area contributed by atoms with Crippen LogP contribution in [0, 0.1) is 11.8 Å². The van der Waals surface area contributed by atoms with E-state index in [4.69, 9.17) is 5.73 Å². The highest BCUT2D eigenvalue weighted by molar-refractivity contribution is 6.06. The number of piperidine rings is 1. The fourth-order valence-corrected chi connectivity index (χ4v) is 5.00. The van der Waals surface area contributed by atoms with Gasteiger partial charge in [-0.2, -0.15) is 4.98 Å². The smallest absolute Gasteiger partial charge is 0.332 e. The van der Waals surface area contributed by atoms with Crippen LogP contribution >= 0.6 is 0 Å². The van der Waals surface area contributed by atoms with Crippen LogP contribution in [-0.2, 0) is 27.2 Å². The number of nitrogens with zero attached hydrogens (tertiary/aromatic N) is 6. The fourth-order valence-electron chi connectivity index (χ4n) is 5.00. The maximum atomic E-state index is 13.7. The Morgan fingerprint density at radius 3 is 2.68 bits per heavy atom. The molecule has 1 unspecified atom stereocenters. The quantitative estimate of drug-likeness (QED) is 0.285. The van der Waals surface area contributed by atoms with Crippen molar-refractivity contribution in [2.45, 2.75) is 38.9 Å². The number of para-hydroxylation sites is 1. The molecule has 5 rings (SSSR count). The number of carbonyl (C=O) groups excluding carboxylic acids is 1. The van der Waals surface area contributed by atoms with Crippen molar-refractivity contribution in [3.8, 4) is 11.8 Å². The van der Waals surface area contributed by atoms with Crippen molar-refractivity contribution in [3.05, 3.63) is 55.1 Å². The predicted octanol–water partition coefficient (Wildman–Crippen LogP) is -0.0896. The van der Waals surface area contributed by atoms with Crippen molar-refractivity contribution in [2.75, 3.05) is 18.0 Å². The molecule has 1 aliphatic heterocycles. The van der Waals surface area contributed by atoms with E-state index < -0.39 is 23.6 Å². The molecule has 0 amide bonds. The molecule has 0 saturated carbocycles. The first-order valence-corrected chi connectivity index (χ1v) is 12.0. The second-order valence-electron chi connectivity index (χ2n) is 9.29. The number of aromatic nitrogens is 6. The van der Waals surface area contributed by atoms with E-state index in [1.807, 2.05) is 4.90 Å². The van der Waals surface area contributed by atoms with Crippen LogP contribution in [0.4, 0.5) is 5.95 Å². The summed E-state index contributed by atoms with van der Waals surface area (Å²) in [4.78, 5) is 61.9. The molecule has 1 saturated heterocycles. The highest BCUT2D eigenvalue weighted by Crippen LogP contribution is 2.23. The third-order valence-corrected chi connectivity index (χ3v) is 6.89. The SMILES string of the molecule is CC#CCn1c(N2CCCC(N)C2)nc2c1c(=O)n(CC(=O)c1cccc3[nH]c(=O)n(C)c13)c(=O)n2C. The summed E-state index contributed by atoms with van der Waals surface area (Å²) >= 11 is 0. The van der Waals surface area contributed by atoms with Crippen molar-refractivity contribution in [3.63, 3.8) is 0 Å². The van der Waals surface area contributed by atoms with Crippen LogP contribution in [0.15, 0.2) is 32.6 Å². The lowest BCUT2D eigenvalue weighted by molar-refractivity contribution is 0.0970. The summed E-state index contributed by atoms with van der Waals surface area (Å²) in [7, 11) is 3.08. The average Bonchev–Trinajstić information content (AvgIpc) is 3.41. The molecule has 0 aliphatic carbocycles. The van der Waals surface area contributed by atoms with Crippen molar-refractivity contribution in [1.82, 2.24) is 28.2 Å². The van der Waals surface area contributed by atoms with Crippen LogP contribution in [0.3, 0.4) is 0 Å². The molecule has 3 N–H and O–H groups in total. The number of anilines is 1. The van der Waals surface area contributed by atoms with Crippen LogP contribution in [0.5, 0.6) is 0 Å². The number of nitrogens with one attached hydrogen (secondary N) is 1. The van der Waals surface area contributed by atoms with Crippen molar-refractivity contribution < 1.29 is 4.79 Å². The molecule has 1 aromatic carbocycles. The van der Waals surface area contributed by atoms with Gasteiger partial charge in [0.1, 0.15) is 0 Å². The molecule has 37 heavy (non-hydrogen) atoms. The zero-order valence-electron chi connectivity index (χ0n) is 20.9. The first-order valence-electron chi connectivity index (χ1n) is 12.0. The molecular formula is C25H28N8O4. The van der Waals surface area contributed by atoms with E-state index in [0.29, 0.717) is 23.5 Å². The zero-order chi connectivity index (χ0) is 26.4. The van der Waals surface area contributed by atoms with Gasteiger partial charge in [-0.05, 0) is 31.9 Å². The van der Waals surface area contributed by atoms with E-state index in [0.717, 1.165) is 24.0 Å². The minimum absolute atomic E-state index is 0.0236. The van der Waals surface area contributed by atoms with Crippen molar-refractivity contribution >= 4 is 33.9 Å². The van der Waals surface area contributed by atoms with E-state index in [2.05, 4.69) is 21.8 Å². The molecule has 3 aromatic heterocycles. The number of carbonyl (C=O) groups is 1. The Kier molecular flexibility index (Phi) is 6.08. The Balaban J connectivity index is 1.67. The van der Waals surface area contributed by atoms with Crippen LogP contribution in [0.1, 0.15) is 30.1 Å². The van der Waals surface area contributed by atoms with Crippen LogP contribution < -0.4 is 27.6 Å². The summed E-state index contributed by atoms with van der Waals surface area (Å²) in [6.45, 7) is 2.70. The molecule has 12 nitrogen and oxygen atoms in total. The third kappa shape index (κ3) is 3.97. The Labute approximate surface area is 210 Å². The number of nitrogens with two attached hydrogens (primary N) is 1. The first kappa shape index (κ1) is 24.3. The second kappa shape index (κ2) is 9.25. The van der Waals surface area contributed by atoms with Gasteiger partial charge in [0.15, 0.2) is 16.9 Å². The summed E-state index contributed by atoms with van der Waals surface area (Å²) in [6.07, 6.45) is 1.78. The van der Waals surface area contributed by atoms with Gasteiger partial charge in [0.25, 0.3) is 5.56 Å². The highest BCUT2D eigenvalue weighted by Gasteiger charge is 2.27. The van der Waals surface area contributed by atoms with Gasteiger partial charge in [-0.15, -0.1) is 5.92 Å². The minimum atomic E-state index is -0.658. The van der Waals surface area contributed by atoms with Crippen LogP contribution in [-0.4, -0.2) is 53.2 Å². The summed E-state index contributed by atoms with van der Waals surface area (Å²) in [5.41, 5.74) is 6.10. The number of H-pyrrole nitrogens is 1. The normalized spacial score (nSPS) is 15.8. The lowest BCUT2D eigenvalue weighted by Crippen LogP contribution is -2.44. The lowest BCUT2D eigenvalue weighted by atomic mass is 10.1. The van der Waals surface area contributed by atoms with E-state index in [-0.39, 0.29) is 35.0 Å². The topological polar surface area (TPSA) is 146 Å². The van der Waals surface area contributed by atoms with E-state index in [1.54, 1.807) is 36.7 Å². The summed E-state index contributed by atoms with van der Waals surface area (Å²) in [5.74, 6) is 5.88. The number of imidazole rings is 2. The molecule has 4 heterocycles. The van der Waals surface area contributed by atoms with Crippen molar-refractivity contribution in [1.29, 1.82) is 0 Å². The number of hydrogen-bond donors (Lipinski definition) is 2. The molecule has 0 bridgehead atoms. The molecule has 0 radical (unpaired) electrons. The van der Waals surface area contributed by atoms with Gasteiger partial charge in [0.2, 0.25) is 5.95 Å². The van der Waals surface area contributed by atoms with Gasteiger partial charge in [-0.1, -0.05) is 12.0 Å². The van der Waals surface area contributed by atoms with Crippen molar-refractivity contribution in [2.24, 2.45) is 19.8 Å². The highest BCUT2D eigenvalue weighted by atomic mass is 16.2. The van der Waals surface area contributed by atoms with E-state index in [1.165, 1.54) is 16.2 Å². The number of rotatable bonds is 5. The Morgan fingerprint density at radius 1 is 1.16 bits per heavy atom. The van der Waals surface area contributed by atoms with E-state index in [9.17, 15) is 19.2 Å². The number of ketones is 1. The molecule has 1 fully saturated rings. The number of aromatic amines is 1. The summed E-state index contributed by atoms with van der Waals surface area (Å²) in [5, 5.41) is 0. The maximum Gasteiger partial charge on any atom is 0.332 e. The number of fused-ring (bicyclic) bond motifs is 2. The number of benzene rings is 1. The van der Waals surface area contributed by atoms with Gasteiger partial charge >= 0.3 is 11.4 Å². The predicted molar refractivity (Wildman–Crippen MR) is 140 cm³/mol. The molecular weight excluding hydrogens is 476 g/mol. The Bertz CT molecular complexity index is 1790. The van der Waals surface area contributed by atoms with Gasteiger partial charge in [-0.3, -0.25) is 27.9 Å². The minimum Gasteiger partial charge on any atom is -0.341 e. The molecule has 4 aromatic rings. The molecule has 1 aliphatic rings. The third-order valence-electron chi connectivity index (χ3n) is 6.89. The largest absolute Gasteiger partial charge is 0.341 e. The molecule has 192 valence electrons. The fraction of sp³-hybridized carbons (Fsp3) is 0.400. The standard InChI is InChI=1S/C25H28N8O4/c1-4-5-12-32-20-21(28-23(32)31-11-7-8-15(26)13-31)30(3)25(37)33(22(20)35)14-18(34)16-9-6-10-17-19(16)29(2)24(36)27-17/h6,9-10,15H,7-8,11-14,26H2,1-3H3,(H,27,36). The number of hydrogen-bond acceptors (Lipinski definition) is 7.